The Kier molecular flexibility index (Phi) is 5.06. The van der Waals surface area contributed by atoms with Gasteiger partial charge in [-0.15, -0.1) is 0 Å². The molecule has 1 aromatic heterocycles. The van der Waals surface area contributed by atoms with Crippen molar-refractivity contribution in [2.45, 2.75) is 13.8 Å². The SMILES string of the molecule is Cc1cc(/C=C(/C#N)c2ccc3ccccc3c2)c(C)n1-c1cccc(I)c1. The van der Waals surface area contributed by atoms with Crippen LogP contribution < -0.4 is 0 Å². The summed E-state index contributed by atoms with van der Waals surface area (Å²) in [6, 6.07) is 27.4. The standard InChI is InChI=1S/C25H19IN2/c1-17-12-22(18(2)28(17)25-9-5-8-24(26)15-25)14-23(16-27)21-11-10-19-6-3-4-7-20(19)13-21/h3-15H,1-2H3/b23-14-. The van der Waals surface area contributed by atoms with E-state index < -0.39 is 0 Å². The lowest BCUT2D eigenvalue weighted by molar-refractivity contribution is 0.963. The summed E-state index contributed by atoms with van der Waals surface area (Å²) in [6.07, 6.45) is 2.00. The minimum atomic E-state index is 0.675. The Bertz CT molecular complexity index is 1260. The van der Waals surface area contributed by atoms with Gasteiger partial charge < -0.3 is 4.57 Å². The third kappa shape index (κ3) is 3.48. The van der Waals surface area contributed by atoms with Crippen LogP contribution in [0.25, 0.3) is 28.1 Å². The molecule has 0 aliphatic rings. The molecule has 0 amide bonds. The number of aryl methyl sites for hydroxylation is 1. The van der Waals surface area contributed by atoms with Crippen molar-refractivity contribution < 1.29 is 0 Å². The second-order valence-corrected chi connectivity index (χ2v) is 8.12. The van der Waals surface area contributed by atoms with E-state index in [1.165, 1.54) is 8.96 Å². The van der Waals surface area contributed by atoms with Gasteiger partial charge in [0.15, 0.2) is 0 Å². The number of aromatic nitrogens is 1. The molecular weight excluding hydrogens is 455 g/mol. The molecule has 0 spiro atoms. The number of hydrogen-bond donors (Lipinski definition) is 0. The van der Waals surface area contributed by atoms with E-state index in [1.54, 1.807) is 0 Å². The number of nitriles is 1. The van der Waals surface area contributed by atoms with Crippen LogP contribution in [-0.4, -0.2) is 4.57 Å². The molecule has 0 aliphatic carbocycles. The number of benzene rings is 3. The molecule has 0 unspecified atom stereocenters. The molecule has 0 bridgehead atoms. The molecule has 0 radical (unpaired) electrons. The van der Waals surface area contributed by atoms with Gasteiger partial charge >= 0.3 is 0 Å². The first kappa shape index (κ1) is 18.5. The van der Waals surface area contributed by atoms with E-state index in [0.29, 0.717) is 5.57 Å². The van der Waals surface area contributed by atoms with Gasteiger partial charge in [0.05, 0.1) is 11.6 Å². The molecular formula is C25H19IN2. The third-order valence-corrected chi connectivity index (χ3v) is 5.69. The van der Waals surface area contributed by atoms with Gasteiger partial charge in [-0.05, 0) is 94.7 Å². The Morgan fingerprint density at radius 3 is 2.46 bits per heavy atom. The van der Waals surface area contributed by atoms with Crippen molar-refractivity contribution in [3.8, 4) is 11.8 Å². The summed E-state index contributed by atoms with van der Waals surface area (Å²) < 4.78 is 3.44. The molecule has 0 atom stereocenters. The normalized spacial score (nSPS) is 11.6. The molecule has 0 fully saturated rings. The first-order chi connectivity index (χ1) is 13.6. The minimum Gasteiger partial charge on any atom is -0.318 e. The fourth-order valence-corrected chi connectivity index (χ4v) is 4.17. The maximum absolute atomic E-state index is 9.81. The van der Waals surface area contributed by atoms with Crippen molar-refractivity contribution in [2.24, 2.45) is 0 Å². The van der Waals surface area contributed by atoms with Gasteiger partial charge in [0.1, 0.15) is 0 Å². The highest BCUT2D eigenvalue weighted by Crippen LogP contribution is 2.27. The molecule has 136 valence electrons. The molecule has 4 rings (SSSR count). The molecule has 28 heavy (non-hydrogen) atoms. The highest BCUT2D eigenvalue weighted by molar-refractivity contribution is 14.1. The van der Waals surface area contributed by atoms with Crippen molar-refractivity contribution in [3.05, 3.63) is 98.9 Å². The van der Waals surface area contributed by atoms with E-state index in [4.69, 9.17) is 0 Å². The van der Waals surface area contributed by atoms with Crippen LogP contribution in [0.4, 0.5) is 0 Å². The van der Waals surface area contributed by atoms with Gasteiger partial charge in [-0.25, -0.2) is 0 Å². The van der Waals surface area contributed by atoms with Crippen molar-refractivity contribution >= 4 is 45.0 Å². The van der Waals surface area contributed by atoms with E-state index in [9.17, 15) is 5.26 Å². The molecule has 0 saturated carbocycles. The topological polar surface area (TPSA) is 28.7 Å². The van der Waals surface area contributed by atoms with Crippen LogP contribution in [0.2, 0.25) is 0 Å². The van der Waals surface area contributed by atoms with Crippen molar-refractivity contribution in [1.29, 1.82) is 5.26 Å². The number of hydrogen-bond acceptors (Lipinski definition) is 1. The second-order valence-electron chi connectivity index (χ2n) is 6.87. The Balaban J connectivity index is 1.80. The van der Waals surface area contributed by atoms with Crippen LogP contribution in [0.1, 0.15) is 22.5 Å². The van der Waals surface area contributed by atoms with E-state index in [0.717, 1.165) is 33.6 Å². The van der Waals surface area contributed by atoms with Gasteiger partial charge in [0, 0.05) is 20.6 Å². The van der Waals surface area contributed by atoms with Gasteiger partial charge in [0.25, 0.3) is 0 Å². The zero-order valence-corrected chi connectivity index (χ0v) is 17.9. The number of halogens is 1. The van der Waals surface area contributed by atoms with Crippen molar-refractivity contribution in [2.75, 3.05) is 0 Å². The lowest BCUT2D eigenvalue weighted by Crippen LogP contribution is -1.99. The summed E-state index contributed by atoms with van der Waals surface area (Å²) in [7, 11) is 0. The molecule has 0 saturated heterocycles. The largest absolute Gasteiger partial charge is 0.318 e. The first-order valence-corrected chi connectivity index (χ1v) is 10.2. The Morgan fingerprint density at radius 1 is 0.929 bits per heavy atom. The Morgan fingerprint density at radius 2 is 1.71 bits per heavy atom. The van der Waals surface area contributed by atoms with Crippen LogP contribution in [0, 0.1) is 28.7 Å². The smallest absolute Gasteiger partial charge is 0.0998 e. The third-order valence-electron chi connectivity index (χ3n) is 5.02. The molecule has 2 nitrogen and oxygen atoms in total. The number of rotatable bonds is 3. The summed E-state index contributed by atoms with van der Waals surface area (Å²) in [5.74, 6) is 0. The van der Waals surface area contributed by atoms with Crippen LogP contribution in [0.15, 0.2) is 72.8 Å². The molecule has 3 heteroatoms. The highest BCUT2D eigenvalue weighted by Gasteiger charge is 2.11. The van der Waals surface area contributed by atoms with Crippen LogP contribution in [0.5, 0.6) is 0 Å². The van der Waals surface area contributed by atoms with Crippen LogP contribution in [0.3, 0.4) is 0 Å². The van der Waals surface area contributed by atoms with E-state index >= 15 is 0 Å². The van der Waals surface area contributed by atoms with Gasteiger partial charge in [-0.3, -0.25) is 0 Å². The van der Waals surface area contributed by atoms with E-state index in [-0.39, 0.29) is 0 Å². The quantitative estimate of drug-likeness (QED) is 0.234. The number of nitrogens with zero attached hydrogens (tertiary/aromatic N) is 2. The van der Waals surface area contributed by atoms with E-state index in [1.807, 2.05) is 24.3 Å². The van der Waals surface area contributed by atoms with E-state index in [2.05, 4.69) is 102 Å². The van der Waals surface area contributed by atoms with Crippen molar-refractivity contribution in [1.82, 2.24) is 4.57 Å². The maximum atomic E-state index is 9.81. The Labute approximate surface area is 178 Å². The zero-order chi connectivity index (χ0) is 19.7. The van der Waals surface area contributed by atoms with Gasteiger partial charge in [-0.2, -0.15) is 5.26 Å². The number of allylic oxidation sites excluding steroid dienone is 1. The maximum Gasteiger partial charge on any atom is 0.0998 e. The lowest BCUT2D eigenvalue weighted by Gasteiger charge is -2.10. The summed E-state index contributed by atoms with van der Waals surface area (Å²) in [5.41, 5.74) is 6.12. The summed E-state index contributed by atoms with van der Waals surface area (Å²) in [5, 5.41) is 12.1. The van der Waals surface area contributed by atoms with Gasteiger partial charge in [0.2, 0.25) is 0 Å². The molecule has 0 N–H and O–H groups in total. The summed E-state index contributed by atoms with van der Waals surface area (Å²) in [4.78, 5) is 0. The summed E-state index contributed by atoms with van der Waals surface area (Å²) in [6.45, 7) is 4.21. The fraction of sp³-hybridized carbons (Fsp3) is 0.0800. The molecule has 0 aliphatic heterocycles. The average molecular weight is 474 g/mol. The molecule has 4 aromatic rings. The highest BCUT2D eigenvalue weighted by atomic mass is 127. The predicted octanol–water partition coefficient (Wildman–Crippen LogP) is 6.92. The average Bonchev–Trinajstić information content (AvgIpc) is 2.98. The minimum absolute atomic E-state index is 0.675. The second kappa shape index (κ2) is 7.65. The van der Waals surface area contributed by atoms with Crippen molar-refractivity contribution in [3.63, 3.8) is 0 Å². The number of fused-ring (bicyclic) bond motifs is 1. The lowest BCUT2D eigenvalue weighted by atomic mass is 10.0. The predicted molar refractivity (Wildman–Crippen MR) is 125 cm³/mol. The van der Waals surface area contributed by atoms with Crippen LogP contribution >= 0.6 is 22.6 Å². The molecule has 1 heterocycles. The van der Waals surface area contributed by atoms with Gasteiger partial charge in [-0.1, -0.05) is 42.5 Å². The zero-order valence-electron chi connectivity index (χ0n) is 15.8. The first-order valence-electron chi connectivity index (χ1n) is 9.12. The van der Waals surface area contributed by atoms with Crippen LogP contribution in [-0.2, 0) is 0 Å². The molecule has 3 aromatic carbocycles. The Hall–Kier alpha value is -2.84. The fourth-order valence-electron chi connectivity index (χ4n) is 3.64. The monoisotopic (exact) mass is 474 g/mol. The summed E-state index contributed by atoms with van der Waals surface area (Å²) >= 11 is 2.33.